The van der Waals surface area contributed by atoms with Crippen LogP contribution in [-0.2, 0) is 27.9 Å². The van der Waals surface area contributed by atoms with Crippen molar-refractivity contribution in [1.29, 1.82) is 0 Å². The van der Waals surface area contributed by atoms with E-state index in [1.807, 2.05) is 87.5 Å². The zero-order chi connectivity index (χ0) is 28.0. The number of rotatable bonds is 10. The molecule has 0 aromatic heterocycles. The molecule has 0 bridgehead atoms. The molecule has 39 heavy (non-hydrogen) atoms. The Labute approximate surface area is 231 Å². The second kappa shape index (κ2) is 12.2. The molecule has 0 spiro atoms. The van der Waals surface area contributed by atoms with E-state index >= 15 is 0 Å². The number of anilines is 1. The highest BCUT2D eigenvalue weighted by Gasteiger charge is 2.32. The Kier molecular flexibility index (Phi) is 8.72. The van der Waals surface area contributed by atoms with E-state index in [0.29, 0.717) is 18.8 Å². The largest absolute Gasteiger partial charge is 0.495 e. The van der Waals surface area contributed by atoms with Crippen LogP contribution in [0.1, 0.15) is 27.8 Å². The molecule has 4 aromatic rings. The van der Waals surface area contributed by atoms with E-state index in [1.54, 1.807) is 35.2 Å². The molecule has 0 fully saturated rings. The maximum Gasteiger partial charge on any atom is 0.268 e. The van der Waals surface area contributed by atoms with Crippen LogP contribution in [0.15, 0.2) is 102 Å². The number of carbonyl (C=O) groups excluding carboxylic acids is 1. The molecule has 4 rings (SSSR count). The van der Waals surface area contributed by atoms with Gasteiger partial charge in [-0.2, -0.15) is 0 Å². The van der Waals surface area contributed by atoms with E-state index in [4.69, 9.17) is 4.74 Å². The van der Waals surface area contributed by atoms with Gasteiger partial charge in [-0.15, -0.1) is 0 Å². The zero-order valence-electron chi connectivity index (χ0n) is 22.8. The maximum atomic E-state index is 14.2. The summed E-state index contributed by atoms with van der Waals surface area (Å²) in [7, 11) is -2.72. The first-order valence-corrected chi connectivity index (χ1v) is 14.2. The highest BCUT2D eigenvalue weighted by molar-refractivity contribution is 7.93. The number of hydrogen-bond acceptors (Lipinski definition) is 4. The molecule has 0 unspecified atom stereocenters. The lowest BCUT2D eigenvalue weighted by Gasteiger charge is -2.29. The van der Waals surface area contributed by atoms with Gasteiger partial charge in [0.2, 0.25) is 5.91 Å². The van der Waals surface area contributed by atoms with E-state index in [0.717, 1.165) is 27.8 Å². The fraction of sp³-hybridized carbons (Fsp3) is 0.219. The van der Waals surface area contributed by atoms with Crippen molar-refractivity contribution in [2.75, 3.05) is 18.0 Å². The molecular formula is C32H34N2O4S. The van der Waals surface area contributed by atoms with Crippen molar-refractivity contribution in [2.24, 2.45) is 0 Å². The van der Waals surface area contributed by atoms with Crippen molar-refractivity contribution in [2.45, 2.75) is 38.8 Å². The van der Waals surface area contributed by atoms with Gasteiger partial charge < -0.3 is 9.64 Å². The van der Waals surface area contributed by atoms with Crippen molar-refractivity contribution in [3.63, 3.8) is 0 Å². The van der Waals surface area contributed by atoms with Crippen molar-refractivity contribution in [1.82, 2.24) is 4.90 Å². The third-order valence-electron chi connectivity index (χ3n) is 6.73. The van der Waals surface area contributed by atoms with Crippen LogP contribution in [0.3, 0.4) is 0 Å². The van der Waals surface area contributed by atoms with Crippen LogP contribution in [-0.4, -0.2) is 32.9 Å². The van der Waals surface area contributed by atoms with Gasteiger partial charge in [0.05, 0.1) is 12.8 Å². The number of aryl methyl sites for hydroxylation is 3. The van der Waals surface area contributed by atoms with Gasteiger partial charge in [0.15, 0.2) is 0 Å². The van der Waals surface area contributed by atoms with Gasteiger partial charge >= 0.3 is 0 Å². The first-order valence-electron chi connectivity index (χ1n) is 12.8. The number of methoxy groups -OCH3 is 1. The molecule has 1 amide bonds. The molecule has 6 nitrogen and oxygen atoms in total. The first kappa shape index (κ1) is 27.9. The monoisotopic (exact) mass is 542 g/mol. The van der Waals surface area contributed by atoms with Gasteiger partial charge in [-0.25, -0.2) is 8.42 Å². The summed E-state index contributed by atoms with van der Waals surface area (Å²) in [6.07, 6.45) is 0. The van der Waals surface area contributed by atoms with Crippen LogP contribution in [0.4, 0.5) is 5.69 Å². The van der Waals surface area contributed by atoms with Crippen molar-refractivity contribution in [3.8, 4) is 5.75 Å². The number of ether oxygens (including phenoxy) is 1. The molecular weight excluding hydrogens is 508 g/mol. The number of hydrogen-bond donors (Lipinski definition) is 0. The van der Waals surface area contributed by atoms with Crippen LogP contribution < -0.4 is 9.04 Å². The van der Waals surface area contributed by atoms with Crippen LogP contribution >= 0.6 is 0 Å². The Morgan fingerprint density at radius 3 is 1.87 bits per heavy atom. The summed E-state index contributed by atoms with van der Waals surface area (Å²) in [6, 6.07) is 29.8. The van der Waals surface area contributed by atoms with E-state index in [2.05, 4.69) is 0 Å². The second-order valence-electron chi connectivity index (χ2n) is 9.66. The first-order chi connectivity index (χ1) is 18.7. The van der Waals surface area contributed by atoms with Crippen LogP contribution in [0, 0.1) is 20.8 Å². The summed E-state index contributed by atoms with van der Waals surface area (Å²) < 4.78 is 35.0. The topological polar surface area (TPSA) is 66.9 Å². The predicted molar refractivity (Wildman–Crippen MR) is 155 cm³/mol. The summed E-state index contributed by atoms with van der Waals surface area (Å²) in [4.78, 5) is 15.7. The molecule has 0 aliphatic heterocycles. The number of carbonyl (C=O) groups is 1. The summed E-state index contributed by atoms with van der Waals surface area (Å²) in [5.41, 5.74) is 5.09. The van der Waals surface area contributed by atoms with Gasteiger partial charge in [0.1, 0.15) is 17.2 Å². The molecule has 202 valence electrons. The maximum absolute atomic E-state index is 14.2. The van der Waals surface area contributed by atoms with Gasteiger partial charge in [0, 0.05) is 13.1 Å². The molecule has 4 aromatic carbocycles. The van der Waals surface area contributed by atoms with E-state index in [1.165, 1.54) is 11.4 Å². The Morgan fingerprint density at radius 1 is 0.744 bits per heavy atom. The number of sulfonamides is 1. The smallest absolute Gasteiger partial charge is 0.268 e. The zero-order valence-corrected chi connectivity index (χ0v) is 23.6. The molecule has 0 N–H and O–H groups in total. The average Bonchev–Trinajstić information content (AvgIpc) is 2.94. The second-order valence-corrected chi connectivity index (χ2v) is 11.5. The Balaban J connectivity index is 1.77. The summed E-state index contributed by atoms with van der Waals surface area (Å²) in [5, 5.41) is 0. The minimum Gasteiger partial charge on any atom is -0.495 e. The Bertz CT molecular complexity index is 1500. The number of benzene rings is 4. The van der Waals surface area contributed by atoms with E-state index in [9.17, 15) is 13.2 Å². The minimum atomic E-state index is -4.16. The summed E-state index contributed by atoms with van der Waals surface area (Å²) >= 11 is 0. The number of nitrogens with zero attached hydrogens (tertiary/aromatic N) is 2. The molecule has 0 aliphatic rings. The van der Waals surface area contributed by atoms with Gasteiger partial charge in [-0.1, -0.05) is 72.8 Å². The molecule has 0 saturated carbocycles. The van der Waals surface area contributed by atoms with Crippen LogP contribution in [0.25, 0.3) is 0 Å². The molecule has 0 saturated heterocycles. The standard InChI is InChI=1S/C32H34N2O4S/c1-24-15-18-30(38-4)31(19-24)39(36,37)34(29-17-16-25(2)26(3)20-29)23-32(35)33(21-27-11-7-5-8-12-27)22-28-13-9-6-10-14-28/h5-20H,21-23H2,1-4H3. The Hall–Kier alpha value is -4.10. The van der Waals surface area contributed by atoms with Gasteiger partial charge in [-0.05, 0) is 72.9 Å². The Morgan fingerprint density at radius 2 is 1.33 bits per heavy atom. The minimum absolute atomic E-state index is 0.0219. The summed E-state index contributed by atoms with van der Waals surface area (Å²) in [5.74, 6) is -0.0801. The van der Waals surface area contributed by atoms with E-state index in [-0.39, 0.29) is 23.1 Å². The fourth-order valence-electron chi connectivity index (χ4n) is 4.36. The fourth-order valence-corrected chi connectivity index (χ4v) is 6.01. The normalized spacial score (nSPS) is 11.2. The summed E-state index contributed by atoms with van der Waals surface area (Å²) in [6.45, 7) is 6.06. The third-order valence-corrected chi connectivity index (χ3v) is 8.52. The SMILES string of the molecule is COc1ccc(C)cc1S(=O)(=O)N(CC(=O)N(Cc1ccccc1)Cc1ccccc1)c1ccc(C)c(C)c1. The van der Waals surface area contributed by atoms with Crippen LogP contribution in [0.5, 0.6) is 5.75 Å². The van der Waals surface area contributed by atoms with Crippen molar-refractivity contribution < 1.29 is 17.9 Å². The van der Waals surface area contributed by atoms with Crippen LogP contribution in [0.2, 0.25) is 0 Å². The lowest BCUT2D eigenvalue weighted by atomic mass is 10.1. The molecule has 0 heterocycles. The average molecular weight is 543 g/mol. The molecule has 0 aliphatic carbocycles. The van der Waals surface area contributed by atoms with Gasteiger partial charge in [0.25, 0.3) is 10.0 Å². The van der Waals surface area contributed by atoms with E-state index < -0.39 is 10.0 Å². The molecule has 0 radical (unpaired) electrons. The molecule has 0 atom stereocenters. The quantitative estimate of drug-likeness (QED) is 0.245. The lowest BCUT2D eigenvalue weighted by Crippen LogP contribution is -2.42. The molecule has 7 heteroatoms. The highest BCUT2D eigenvalue weighted by atomic mass is 32.2. The van der Waals surface area contributed by atoms with Crippen molar-refractivity contribution >= 4 is 21.6 Å². The predicted octanol–water partition coefficient (Wildman–Crippen LogP) is 6.04. The lowest BCUT2D eigenvalue weighted by molar-refractivity contribution is -0.130. The van der Waals surface area contributed by atoms with Crippen molar-refractivity contribution in [3.05, 3.63) is 125 Å². The third kappa shape index (κ3) is 6.67. The number of amides is 1. The van der Waals surface area contributed by atoms with Gasteiger partial charge in [-0.3, -0.25) is 9.10 Å². The highest BCUT2D eigenvalue weighted by Crippen LogP contribution is 2.32.